The van der Waals surface area contributed by atoms with Crippen LogP contribution >= 0.6 is 22.9 Å². The van der Waals surface area contributed by atoms with Crippen molar-refractivity contribution in [1.82, 2.24) is 19.8 Å². The van der Waals surface area contributed by atoms with Crippen LogP contribution < -0.4 is 5.73 Å². The Morgan fingerprint density at radius 1 is 1.27 bits per heavy atom. The van der Waals surface area contributed by atoms with E-state index in [0.717, 1.165) is 33.4 Å². The van der Waals surface area contributed by atoms with Gasteiger partial charge in [-0.15, -0.1) is 15.3 Å². The normalized spacial score (nSPS) is 10.8. The average Bonchev–Trinajstić information content (AvgIpc) is 2.85. The summed E-state index contributed by atoms with van der Waals surface area (Å²) in [5.41, 5.74) is 6.51. The number of hydrogen-bond acceptors (Lipinski definition) is 7. The van der Waals surface area contributed by atoms with Crippen LogP contribution in [-0.4, -0.2) is 19.8 Å². The SMILES string of the molecule is CCCc1nnsc1-c1nnc(CN)s1. The number of rotatable bonds is 4. The number of hydrogen-bond donors (Lipinski definition) is 1. The Labute approximate surface area is 95.5 Å². The van der Waals surface area contributed by atoms with Gasteiger partial charge in [-0.3, -0.25) is 0 Å². The maximum absolute atomic E-state index is 5.49. The molecule has 0 atom stereocenters. The van der Waals surface area contributed by atoms with Crippen LogP contribution in [-0.2, 0) is 13.0 Å². The van der Waals surface area contributed by atoms with Crippen molar-refractivity contribution in [2.45, 2.75) is 26.3 Å². The highest BCUT2D eigenvalue weighted by molar-refractivity contribution is 7.19. The summed E-state index contributed by atoms with van der Waals surface area (Å²) in [4.78, 5) is 1.04. The molecule has 0 bridgehead atoms. The summed E-state index contributed by atoms with van der Waals surface area (Å²) in [5.74, 6) is 0. The first kappa shape index (κ1) is 10.6. The highest BCUT2D eigenvalue weighted by Crippen LogP contribution is 2.29. The molecule has 2 rings (SSSR count). The molecular weight excluding hydrogens is 230 g/mol. The molecule has 0 unspecified atom stereocenters. The zero-order chi connectivity index (χ0) is 10.7. The number of aromatic nitrogens is 4. The lowest BCUT2D eigenvalue weighted by molar-refractivity contribution is 0.870. The molecule has 0 aliphatic rings. The minimum absolute atomic E-state index is 0.438. The molecule has 0 aromatic carbocycles. The fourth-order valence-corrected chi connectivity index (χ4v) is 2.70. The maximum Gasteiger partial charge on any atom is 0.161 e. The quantitative estimate of drug-likeness (QED) is 0.877. The smallest absolute Gasteiger partial charge is 0.161 e. The van der Waals surface area contributed by atoms with Gasteiger partial charge in [-0.2, -0.15) is 0 Å². The van der Waals surface area contributed by atoms with Gasteiger partial charge in [0.2, 0.25) is 0 Å². The average molecular weight is 241 g/mol. The number of aryl methyl sites for hydroxylation is 1. The summed E-state index contributed by atoms with van der Waals surface area (Å²) in [6, 6.07) is 0. The summed E-state index contributed by atoms with van der Waals surface area (Å²) < 4.78 is 3.95. The first-order valence-corrected chi connectivity index (χ1v) is 6.28. The molecule has 0 radical (unpaired) electrons. The maximum atomic E-state index is 5.49. The number of nitrogens with two attached hydrogens (primary N) is 1. The second kappa shape index (κ2) is 4.73. The van der Waals surface area contributed by atoms with Gasteiger partial charge in [0.05, 0.1) is 5.69 Å². The fraction of sp³-hybridized carbons (Fsp3) is 0.500. The van der Waals surface area contributed by atoms with Crippen molar-refractivity contribution in [2.24, 2.45) is 5.73 Å². The van der Waals surface area contributed by atoms with Gasteiger partial charge in [0.1, 0.15) is 9.88 Å². The van der Waals surface area contributed by atoms with E-state index in [9.17, 15) is 0 Å². The second-order valence-electron chi connectivity index (χ2n) is 3.00. The standard InChI is InChI=1S/C8H11N5S2/c1-2-3-5-7(15-13-10-5)8-12-11-6(4-9)14-8/h2-4,9H2,1H3. The van der Waals surface area contributed by atoms with Crippen molar-refractivity contribution >= 4 is 22.9 Å². The van der Waals surface area contributed by atoms with E-state index >= 15 is 0 Å². The third-order valence-corrected chi connectivity index (χ3v) is 3.75. The third kappa shape index (κ3) is 2.19. The van der Waals surface area contributed by atoms with Gasteiger partial charge in [0.15, 0.2) is 5.01 Å². The molecule has 15 heavy (non-hydrogen) atoms. The van der Waals surface area contributed by atoms with Crippen molar-refractivity contribution in [3.8, 4) is 9.88 Å². The molecule has 0 saturated heterocycles. The highest BCUT2D eigenvalue weighted by Gasteiger charge is 2.13. The van der Waals surface area contributed by atoms with E-state index in [0.29, 0.717) is 6.54 Å². The zero-order valence-corrected chi connectivity index (χ0v) is 9.94. The Bertz CT molecular complexity index is 436. The van der Waals surface area contributed by atoms with Crippen LogP contribution in [0, 0.1) is 0 Å². The predicted octanol–water partition coefficient (Wildman–Crippen LogP) is 1.47. The van der Waals surface area contributed by atoms with Gasteiger partial charge in [-0.05, 0) is 18.0 Å². The monoisotopic (exact) mass is 241 g/mol. The molecular formula is C8H11N5S2. The van der Waals surface area contributed by atoms with Gasteiger partial charge in [-0.25, -0.2) is 0 Å². The minimum Gasteiger partial charge on any atom is -0.324 e. The largest absolute Gasteiger partial charge is 0.324 e. The summed E-state index contributed by atoms with van der Waals surface area (Å²) in [6.07, 6.45) is 1.99. The van der Waals surface area contributed by atoms with E-state index < -0.39 is 0 Å². The van der Waals surface area contributed by atoms with Gasteiger partial charge in [0.25, 0.3) is 0 Å². The molecule has 80 valence electrons. The molecule has 2 aromatic rings. The third-order valence-electron chi connectivity index (χ3n) is 1.88. The predicted molar refractivity (Wildman–Crippen MR) is 60.7 cm³/mol. The van der Waals surface area contributed by atoms with Gasteiger partial charge in [0, 0.05) is 6.54 Å². The Hall–Kier alpha value is -0.920. The van der Waals surface area contributed by atoms with E-state index in [1.807, 2.05) is 0 Å². The molecule has 7 heteroatoms. The van der Waals surface area contributed by atoms with E-state index in [-0.39, 0.29) is 0 Å². The molecule has 0 saturated carbocycles. The van der Waals surface area contributed by atoms with Crippen LogP contribution in [0.15, 0.2) is 0 Å². The van der Waals surface area contributed by atoms with Crippen molar-refractivity contribution in [2.75, 3.05) is 0 Å². The lowest BCUT2D eigenvalue weighted by atomic mass is 10.2. The first-order chi connectivity index (χ1) is 7.35. The molecule has 0 amide bonds. The van der Waals surface area contributed by atoms with E-state index in [1.165, 1.54) is 22.9 Å². The van der Waals surface area contributed by atoms with E-state index in [4.69, 9.17) is 5.73 Å². The van der Waals surface area contributed by atoms with E-state index in [2.05, 4.69) is 26.7 Å². The minimum atomic E-state index is 0.438. The summed E-state index contributed by atoms with van der Waals surface area (Å²) in [6.45, 7) is 2.56. The summed E-state index contributed by atoms with van der Waals surface area (Å²) in [7, 11) is 0. The van der Waals surface area contributed by atoms with Crippen molar-refractivity contribution < 1.29 is 0 Å². The lowest BCUT2D eigenvalue weighted by Gasteiger charge is -1.92. The van der Waals surface area contributed by atoms with Crippen LogP contribution in [0.3, 0.4) is 0 Å². The molecule has 0 aliphatic carbocycles. The fourth-order valence-electron chi connectivity index (χ4n) is 1.20. The van der Waals surface area contributed by atoms with E-state index in [1.54, 1.807) is 0 Å². The summed E-state index contributed by atoms with van der Waals surface area (Å²) in [5, 5.41) is 13.9. The van der Waals surface area contributed by atoms with Crippen LogP contribution in [0.2, 0.25) is 0 Å². The second-order valence-corrected chi connectivity index (χ2v) is 4.82. The highest BCUT2D eigenvalue weighted by atomic mass is 32.1. The molecule has 0 fully saturated rings. The topological polar surface area (TPSA) is 77.6 Å². The Morgan fingerprint density at radius 3 is 2.80 bits per heavy atom. The first-order valence-electron chi connectivity index (χ1n) is 4.69. The molecule has 2 heterocycles. The van der Waals surface area contributed by atoms with Gasteiger partial charge < -0.3 is 5.73 Å². The summed E-state index contributed by atoms with van der Waals surface area (Å²) >= 11 is 2.89. The molecule has 5 nitrogen and oxygen atoms in total. The van der Waals surface area contributed by atoms with Crippen molar-refractivity contribution in [1.29, 1.82) is 0 Å². The van der Waals surface area contributed by atoms with Crippen LogP contribution in [0.4, 0.5) is 0 Å². The molecule has 0 spiro atoms. The Morgan fingerprint density at radius 2 is 2.13 bits per heavy atom. The lowest BCUT2D eigenvalue weighted by Crippen LogP contribution is -1.94. The van der Waals surface area contributed by atoms with Crippen molar-refractivity contribution in [3.63, 3.8) is 0 Å². The van der Waals surface area contributed by atoms with Crippen LogP contribution in [0.5, 0.6) is 0 Å². The van der Waals surface area contributed by atoms with Gasteiger partial charge in [-0.1, -0.05) is 29.2 Å². The molecule has 2 N–H and O–H groups in total. The molecule has 2 aromatic heterocycles. The Balaban J connectivity index is 2.31. The van der Waals surface area contributed by atoms with Crippen molar-refractivity contribution in [3.05, 3.63) is 10.7 Å². The number of nitrogens with zero attached hydrogens (tertiary/aromatic N) is 4. The zero-order valence-electron chi connectivity index (χ0n) is 8.30. The van der Waals surface area contributed by atoms with Crippen LogP contribution in [0.25, 0.3) is 9.88 Å². The van der Waals surface area contributed by atoms with Gasteiger partial charge >= 0.3 is 0 Å². The van der Waals surface area contributed by atoms with Crippen LogP contribution in [0.1, 0.15) is 24.0 Å². The Kier molecular flexibility index (Phi) is 3.34. The molecule has 0 aliphatic heterocycles.